The molecule has 11 heavy (non-hydrogen) atoms. The third-order valence-electron chi connectivity index (χ3n) is 2.84. The van der Waals surface area contributed by atoms with Crippen LogP contribution in [-0.2, 0) is 0 Å². The standard InChI is InChI=1S/C9H20N2/c1-7(2)11-5-9(6-11)8(3)4-10/h7-9H,4-6,10H2,1-3H3. The monoisotopic (exact) mass is 156 g/mol. The second-order valence-corrected chi connectivity index (χ2v) is 4.02. The molecule has 1 unspecified atom stereocenters. The number of hydrogen-bond donors (Lipinski definition) is 1. The van der Waals surface area contributed by atoms with Gasteiger partial charge in [-0.05, 0) is 32.2 Å². The number of nitrogens with zero attached hydrogens (tertiary/aromatic N) is 1. The summed E-state index contributed by atoms with van der Waals surface area (Å²) in [6, 6.07) is 0.719. The van der Waals surface area contributed by atoms with Crippen LogP contribution in [0, 0.1) is 11.8 Å². The van der Waals surface area contributed by atoms with E-state index in [1.165, 1.54) is 13.1 Å². The summed E-state index contributed by atoms with van der Waals surface area (Å²) in [4.78, 5) is 2.50. The molecule has 1 fully saturated rings. The van der Waals surface area contributed by atoms with Crippen LogP contribution in [0.1, 0.15) is 20.8 Å². The van der Waals surface area contributed by atoms with E-state index in [4.69, 9.17) is 5.73 Å². The van der Waals surface area contributed by atoms with Crippen LogP contribution >= 0.6 is 0 Å². The van der Waals surface area contributed by atoms with E-state index in [9.17, 15) is 0 Å². The van der Waals surface area contributed by atoms with Crippen molar-refractivity contribution in [1.29, 1.82) is 0 Å². The first-order chi connectivity index (χ1) is 5.15. The quantitative estimate of drug-likeness (QED) is 0.658. The van der Waals surface area contributed by atoms with Crippen molar-refractivity contribution >= 4 is 0 Å². The number of likely N-dealkylation sites (tertiary alicyclic amines) is 1. The van der Waals surface area contributed by atoms with Gasteiger partial charge < -0.3 is 10.6 Å². The lowest BCUT2D eigenvalue weighted by atomic mass is 9.86. The molecule has 0 aromatic carbocycles. The maximum absolute atomic E-state index is 5.59. The lowest BCUT2D eigenvalue weighted by molar-refractivity contribution is 0.0383. The minimum atomic E-state index is 0.713. The van der Waals surface area contributed by atoms with Crippen LogP contribution in [-0.4, -0.2) is 30.6 Å². The zero-order valence-electron chi connectivity index (χ0n) is 7.88. The van der Waals surface area contributed by atoms with E-state index in [1.807, 2.05) is 0 Å². The van der Waals surface area contributed by atoms with Crippen LogP contribution < -0.4 is 5.73 Å². The molecule has 66 valence electrons. The van der Waals surface area contributed by atoms with Crippen LogP contribution in [0.25, 0.3) is 0 Å². The zero-order valence-corrected chi connectivity index (χ0v) is 7.88. The van der Waals surface area contributed by atoms with E-state index in [0.717, 1.165) is 18.5 Å². The third-order valence-corrected chi connectivity index (χ3v) is 2.84. The topological polar surface area (TPSA) is 29.3 Å². The molecule has 2 N–H and O–H groups in total. The molecular weight excluding hydrogens is 136 g/mol. The number of rotatable bonds is 3. The van der Waals surface area contributed by atoms with E-state index in [2.05, 4.69) is 25.7 Å². The van der Waals surface area contributed by atoms with Crippen molar-refractivity contribution in [3.05, 3.63) is 0 Å². The van der Waals surface area contributed by atoms with Gasteiger partial charge in [-0.2, -0.15) is 0 Å². The van der Waals surface area contributed by atoms with Gasteiger partial charge in [0.15, 0.2) is 0 Å². The molecule has 0 bridgehead atoms. The average Bonchev–Trinajstić information content (AvgIpc) is 1.83. The van der Waals surface area contributed by atoms with Crippen molar-refractivity contribution in [2.45, 2.75) is 26.8 Å². The molecule has 1 aliphatic rings. The predicted molar refractivity (Wildman–Crippen MR) is 48.4 cm³/mol. The molecule has 1 heterocycles. The Balaban J connectivity index is 2.18. The largest absolute Gasteiger partial charge is 0.330 e. The third kappa shape index (κ3) is 1.94. The van der Waals surface area contributed by atoms with Crippen LogP contribution in [0.3, 0.4) is 0 Å². The minimum absolute atomic E-state index is 0.713. The van der Waals surface area contributed by atoms with Crippen molar-refractivity contribution in [2.24, 2.45) is 17.6 Å². The molecule has 0 aromatic heterocycles. The summed E-state index contributed by atoms with van der Waals surface area (Å²) in [5.41, 5.74) is 5.59. The van der Waals surface area contributed by atoms with Gasteiger partial charge in [0, 0.05) is 19.1 Å². The summed E-state index contributed by atoms with van der Waals surface area (Å²) in [5, 5.41) is 0. The van der Waals surface area contributed by atoms with Crippen molar-refractivity contribution < 1.29 is 0 Å². The molecular formula is C9H20N2. The Labute approximate surface area is 69.8 Å². The van der Waals surface area contributed by atoms with Gasteiger partial charge in [0.1, 0.15) is 0 Å². The molecule has 1 rings (SSSR count). The van der Waals surface area contributed by atoms with Gasteiger partial charge in [-0.15, -0.1) is 0 Å². The molecule has 1 aliphatic heterocycles. The smallest absolute Gasteiger partial charge is 0.00388 e. The van der Waals surface area contributed by atoms with E-state index >= 15 is 0 Å². The average molecular weight is 156 g/mol. The molecule has 2 heteroatoms. The first kappa shape index (κ1) is 9.01. The lowest BCUT2D eigenvalue weighted by Crippen LogP contribution is -2.53. The van der Waals surface area contributed by atoms with Crippen LogP contribution in [0.5, 0.6) is 0 Å². The fraction of sp³-hybridized carbons (Fsp3) is 1.00. The Bertz CT molecular complexity index is 117. The molecule has 2 nitrogen and oxygen atoms in total. The number of hydrogen-bond acceptors (Lipinski definition) is 2. The summed E-state index contributed by atoms with van der Waals surface area (Å²) in [6.45, 7) is 10.1. The molecule has 0 radical (unpaired) electrons. The summed E-state index contributed by atoms with van der Waals surface area (Å²) in [6.07, 6.45) is 0. The van der Waals surface area contributed by atoms with Gasteiger partial charge in [0.2, 0.25) is 0 Å². The van der Waals surface area contributed by atoms with Crippen molar-refractivity contribution in [3.8, 4) is 0 Å². The van der Waals surface area contributed by atoms with E-state index in [0.29, 0.717) is 5.92 Å². The van der Waals surface area contributed by atoms with Crippen molar-refractivity contribution in [1.82, 2.24) is 4.90 Å². The second kappa shape index (κ2) is 3.55. The molecule has 1 atom stereocenters. The first-order valence-electron chi connectivity index (χ1n) is 4.59. The lowest BCUT2D eigenvalue weighted by Gasteiger charge is -2.44. The minimum Gasteiger partial charge on any atom is -0.330 e. The van der Waals surface area contributed by atoms with Gasteiger partial charge in [-0.25, -0.2) is 0 Å². The van der Waals surface area contributed by atoms with E-state index < -0.39 is 0 Å². The maximum Gasteiger partial charge on any atom is 0.00388 e. The molecule has 1 saturated heterocycles. The Kier molecular flexibility index (Phi) is 2.90. The fourth-order valence-corrected chi connectivity index (χ4v) is 1.52. The van der Waals surface area contributed by atoms with Gasteiger partial charge in [-0.3, -0.25) is 0 Å². The van der Waals surface area contributed by atoms with Crippen LogP contribution in [0.15, 0.2) is 0 Å². The summed E-state index contributed by atoms with van der Waals surface area (Å²) < 4.78 is 0. The Morgan fingerprint density at radius 2 is 1.91 bits per heavy atom. The fourth-order valence-electron chi connectivity index (χ4n) is 1.52. The Hall–Kier alpha value is -0.0800. The highest BCUT2D eigenvalue weighted by Crippen LogP contribution is 2.24. The highest BCUT2D eigenvalue weighted by atomic mass is 15.2. The second-order valence-electron chi connectivity index (χ2n) is 4.02. The van der Waals surface area contributed by atoms with Crippen molar-refractivity contribution in [3.63, 3.8) is 0 Å². The molecule has 0 amide bonds. The van der Waals surface area contributed by atoms with Gasteiger partial charge in [0.05, 0.1) is 0 Å². The highest BCUT2D eigenvalue weighted by Gasteiger charge is 2.31. The van der Waals surface area contributed by atoms with Gasteiger partial charge >= 0.3 is 0 Å². The highest BCUT2D eigenvalue weighted by molar-refractivity contribution is 4.85. The Morgan fingerprint density at radius 1 is 1.36 bits per heavy atom. The molecule has 0 spiro atoms. The van der Waals surface area contributed by atoms with Gasteiger partial charge in [-0.1, -0.05) is 6.92 Å². The molecule has 0 saturated carbocycles. The summed E-state index contributed by atoms with van der Waals surface area (Å²) in [5.74, 6) is 1.58. The Morgan fingerprint density at radius 3 is 2.27 bits per heavy atom. The van der Waals surface area contributed by atoms with E-state index in [1.54, 1.807) is 0 Å². The molecule has 0 aromatic rings. The summed E-state index contributed by atoms with van der Waals surface area (Å²) >= 11 is 0. The first-order valence-corrected chi connectivity index (χ1v) is 4.59. The zero-order chi connectivity index (χ0) is 8.43. The normalized spacial score (nSPS) is 23.7. The molecule has 0 aliphatic carbocycles. The van der Waals surface area contributed by atoms with Crippen LogP contribution in [0.4, 0.5) is 0 Å². The maximum atomic E-state index is 5.59. The van der Waals surface area contributed by atoms with Crippen molar-refractivity contribution in [2.75, 3.05) is 19.6 Å². The summed E-state index contributed by atoms with van der Waals surface area (Å²) in [7, 11) is 0. The van der Waals surface area contributed by atoms with E-state index in [-0.39, 0.29) is 0 Å². The predicted octanol–water partition coefficient (Wildman–Crippen LogP) is 0.921. The van der Waals surface area contributed by atoms with Gasteiger partial charge in [0.25, 0.3) is 0 Å². The van der Waals surface area contributed by atoms with Crippen LogP contribution in [0.2, 0.25) is 0 Å². The number of nitrogens with two attached hydrogens (primary N) is 1. The SMILES string of the molecule is CC(CN)C1CN(C(C)C)C1.